The van der Waals surface area contributed by atoms with Crippen molar-refractivity contribution in [2.75, 3.05) is 13.6 Å². The van der Waals surface area contributed by atoms with Crippen LogP contribution in [0.1, 0.15) is 70.8 Å². The van der Waals surface area contributed by atoms with Crippen LogP contribution >= 0.6 is 0 Å². The van der Waals surface area contributed by atoms with Crippen LogP contribution in [0.15, 0.2) is 18.2 Å². The molecule has 3 atom stereocenters. The third-order valence-corrected chi connectivity index (χ3v) is 6.98. The lowest BCUT2D eigenvalue weighted by atomic mass is 9.65. The second-order valence-corrected chi connectivity index (χ2v) is 9.18. The molecular formula is C23H35NO3. The molecule has 1 N–H and O–H groups in total. The summed E-state index contributed by atoms with van der Waals surface area (Å²) in [5.41, 5.74) is 1.51. The van der Waals surface area contributed by atoms with Gasteiger partial charge in [-0.15, -0.1) is 0 Å². The van der Waals surface area contributed by atoms with E-state index < -0.39 is 0 Å². The number of aliphatic hydroxyl groups excluding tert-OH is 1. The maximum atomic E-state index is 10.3. The Morgan fingerprint density at radius 1 is 1.11 bits per heavy atom. The molecule has 150 valence electrons. The van der Waals surface area contributed by atoms with Gasteiger partial charge in [0.2, 0.25) is 0 Å². The minimum absolute atomic E-state index is 0.134. The molecule has 4 heteroatoms. The lowest BCUT2D eigenvalue weighted by Gasteiger charge is -2.43. The Hall–Kier alpha value is -1.26. The summed E-state index contributed by atoms with van der Waals surface area (Å²) in [5.74, 6) is 1.79. The van der Waals surface area contributed by atoms with Gasteiger partial charge in [-0.25, -0.2) is 0 Å². The molecule has 1 heterocycles. The molecule has 0 spiro atoms. The third-order valence-electron chi connectivity index (χ3n) is 6.98. The van der Waals surface area contributed by atoms with E-state index in [1.807, 2.05) is 0 Å². The minimum atomic E-state index is -0.165. The Balaban J connectivity index is 1.67. The topological polar surface area (TPSA) is 41.9 Å². The number of benzene rings is 1. The van der Waals surface area contributed by atoms with Gasteiger partial charge in [-0.3, -0.25) is 0 Å². The summed E-state index contributed by atoms with van der Waals surface area (Å²) < 4.78 is 12.5. The summed E-state index contributed by atoms with van der Waals surface area (Å²) in [5, 5.41) is 10.3. The zero-order valence-electron chi connectivity index (χ0n) is 17.1. The van der Waals surface area contributed by atoms with Crippen LogP contribution in [0, 0.1) is 0 Å². The Morgan fingerprint density at radius 2 is 1.89 bits per heavy atom. The van der Waals surface area contributed by atoms with Gasteiger partial charge in [0.05, 0.1) is 18.3 Å². The Labute approximate surface area is 163 Å². The fraction of sp³-hybridized carbons (Fsp3) is 0.739. The SMILES string of the molecule is CC(C)Oc1ccc([C@@]23CC[C@H](O)C[C@@H]2N(C)CC3)cc1OC1CCCC1. The van der Waals surface area contributed by atoms with Crippen molar-refractivity contribution in [2.45, 2.75) is 95.0 Å². The molecule has 3 fully saturated rings. The summed E-state index contributed by atoms with van der Waals surface area (Å²) in [6, 6.07) is 7.05. The molecule has 4 nitrogen and oxygen atoms in total. The van der Waals surface area contributed by atoms with E-state index in [2.05, 4.69) is 44.0 Å². The highest BCUT2D eigenvalue weighted by atomic mass is 16.5. The number of likely N-dealkylation sites (N-methyl/N-ethyl adjacent to an activating group) is 1. The maximum absolute atomic E-state index is 10.3. The number of aliphatic hydroxyl groups is 1. The molecule has 1 aromatic rings. The van der Waals surface area contributed by atoms with Crippen LogP contribution in [-0.2, 0) is 5.41 Å². The van der Waals surface area contributed by atoms with Crippen molar-refractivity contribution in [3.63, 3.8) is 0 Å². The predicted octanol–water partition coefficient (Wildman–Crippen LogP) is 4.28. The van der Waals surface area contributed by atoms with Gasteiger partial charge in [0, 0.05) is 11.5 Å². The smallest absolute Gasteiger partial charge is 0.161 e. The van der Waals surface area contributed by atoms with Gasteiger partial charge in [0.25, 0.3) is 0 Å². The quantitative estimate of drug-likeness (QED) is 0.836. The number of hydrogen-bond acceptors (Lipinski definition) is 4. The molecule has 0 aromatic heterocycles. The van der Waals surface area contributed by atoms with E-state index >= 15 is 0 Å². The zero-order valence-corrected chi connectivity index (χ0v) is 17.1. The molecule has 27 heavy (non-hydrogen) atoms. The first-order valence-electron chi connectivity index (χ1n) is 10.8. The van der Waals surface area contributed by atoms with Crippen molar-refractivity contribution in [3.8, 4) is 11.5 Å². The van der Waals surface area contributed by atoms with Crippen molar-refractivity contribution in [1.82, 2.24) is 4.90 Å². The molecule has 1 saturated heterocycles. The highest BCUT2D eigenvalue weighted by Crippen LogP contribution is 2.50. The number of ether oxygens (including phenoxy) is 2. The first-order chi connectivity index (χ1) is 13.0. The van der Waals surface area contributed by atoms with Crippen LogP contribution in [0.25, 0.3) is 0 Å². The first kappa shape index (κ1) is 19.1. The highest BCUT2D eigenvalue weighted by Gasteiger charge is 2.50. The van der Waals surface area contributed by atoms with E-state index in [9.17, 15) is 5.11 Å². The summed E-state index contributed by atoms with van der Waals surface area (Å²) in [6.07, 6.45) is 9.09. The standard InChI is InChI=1S/C23H35NO3/c1-16(2)26-20-9-8-17(14-21(20)27-19-6-4-5-7-19)23-11-10-18(25)15-22(23)24(3)13-12-23/h8-9,14,16,18-19,22,25H,4-7,10-13,15H2,1-3H3/t18-,22-,23-/m0/s1. The molecule has 1 aliphatic heterocycles. The maximum Gasteiger partial charge on any atom is 0.161 e. The van der Waals surface area contributed by atoms with Gasteiger partial charge in [-0.2, -0.15) is 0 Å². The van der Waals surface area contributed by atoms with Crippen molar-refractivity contribution in [2.24, 2.45) is 0 Å². The largest absolute Gasteiger partial charge is 0.487 e. The molecule has 4 rings (SSSR count). The number of nitrogens with zero attached hydrogens (tertiary/aromatic N) is 1. The van der Waals surface area contributed by atoms with Gasteiger partial charge >= 0.3 is 0 Å². The van der Waals surface area contributed by atoms with E-state index in [0.717, 1.165) is 56.6 Å². The molecule has 3 aliphatic rings. The molecule has 1 aromatic carbocycles. The molecule has 0 radical (unpaired) electrons. The lowest BCUT2D eigenvalue weighted by Crippen LogP contribution is -2.47. The van der Waals surface area contributed by atoms with Crippen LogP contribution in [0.4, 0.5) is 0 Å². The fourth-order valence-corrected chi connectivity index (χ4v) is 5.55. The number of fused-ring (bicyclic) bond motifs is 1. The number of hydrogen-bond donors (Lipinski definition) is 1. The van der Waals surface area contributed by atoms with Crippen LogP contribution in [0.3, 0.4) is 0 Å². The van der Waals surface area contributed by atoms with Crippen LogP contribution in [0.5, 0.6) is 11.5 Å². The lowest BCUT2D eigenvalue weighted by molar-refractivity contribution is 0.0565. The fourth-order valence-electron chi connectivity index (χ4n) is 5.55. The summed E-state index contributed by atoms with van der Waals surface area (Å²) in [6.45, 7) is 5.23. The summed E-state index contributed by atoms with van der Waals surface area (Å²) >= 11 is 0. The molecular weight excluding hydrogens is 338 g/mol. The molecule has 0 unspecified atom stereocenters. The number of likely N-dealkylation sites (tertiary alicyclic amines) is 1. The first-order valence-corrected chi connectivity index (χ1v) is 10.8. The Bertz CT molecular complexity index is 655. The minimum Gasteiger partial charge on any atom is -0.487 e. The van der Waals surface area contributed by atoms with E-state index in [-0.39, 0.29) is 17.6 Å². The van der Waals surface area contributed by atoms with E-state index in [1.165, 1.54) is 18.4 Å². The highest BCUT2D eigenvalue weighted by molar-refractivity contribution is 5.47. The third kappa shape index (κ3) is 3.71. The Morgan fingerprint density at radius 3 is 2.63 bits per heavy atom. The summed E-state index contributed by atoms with van der Waals surface area (Å²) in [7, 11) is 2.20. The van der Waals surface area contributed by atoms with E-state index in [4.69, 9.17) is 9.47 Å². The average molecular weight is 374 g/mol. The predicted molar refractivity (Wildman–Crippen MR) is 108 cm³/mol. The number of rotatable bonds is 5. The van der Waals surface area contributed by atoms with Gasteiger partial charge in [0.15, 0.2) is 11.5 Å². The normalized spacial score (nSPS) is 32.0. The van der Waals surface area contributed by atoms with E-state index in [0.29, 0.717) is 12.1 Å². The van der Waals surface area contributed by atoms with Crippen molar-refractivity contribution in [3.05, 3.63) is 23.8 Å². The molecule has 0 bridgehead atoms. The monoisotopic (exact) mass is 373 g/mol. The second kappa shape index (κ2) is 7.63. The van der Waals surface area contributed by atoms with Crippen LogP contribution in [-0.4, -0.2) is 48.0 Å². The van der Waals surface area contributed by atoms with Crippen molar-refractivity contribution >= 4 is 0 Å². The van der Waals surface area contributed by atoms with Gasteiger partial charge in [-0.1, -0.05) is 6.07 Å². The van der Waals surface area contributed by atoms with Crippen molar-refractivity contribution < 1.29 is 14.6 Å². The molecule has 2 saturated carbocycles. The molecule has 2 aliphatic carbocycles. The van der Waals surface area contributed by atoms with Gasteiger partial charge in [-0.05, 0) is 96.5 Å². The summed E-state index contributed by atoms with van der Waals surface area (Å²) in [4.78, 5) is 2.44. The van der Waals surface area contributed by atoms with Crippen LogP contribution < -0.4 is 9.47 Å². The van der Waals surface area contributed by atoms with Gasteiger partial charge in [0.1, 0.15) is 0 Å². The molecule has 0 amide bonds. The van der Waals surface area contributed by atoms with Crippen molar-refractivity contribution in [1.29, 1.82) is 0 Å². The second-order valence-electron chi connectivity index (χ2n) is 9.18. The average Bonchev–Trinajstić information content (AvgIpc) is 3.25. The van der Waals surface area contributed by atoms with E-state index in [1.54, 1.807) is 0 Å². The van der Waals surface area contributed by atoms with Gasteiger partial charge < -0.3 is 19.5 Å². The zero-order chi connectivity index (χ0) is 19.0. The van der Waals surface area contributed by atoms with Crippen LogP contribution in [0.2, 0.25) is 0 Å². The Kier molecular flexibility index (Phi) is 5.39.